The quantitative estimate of drug-likeness (QED) is 0.341. The van der Waals surface area contributed by atoms with Crippen molar-refractivity contribution in [1.82, 2.24) is 0 Å². The lowest BCUT2D eigenvalue weighted by Gasteiger charge is -2.08. The van der Waals surface area contributed by atoms with Gasteiger partial charge in [-0.3, -0.25) is 0 Å². The average Bonchev–Trinajstić information content (AvgIpc) is 2.72. The molecule has 0 aromatic heterocycles. The molecule has 0 fully saturated rings. The third-order valence-electron chi connectivity index (χ3n) is 5.20. The summed E-state index contributed by atoms with van der Waals surface area (Å²) < 4.78 is 0. The second kappa shape index (κ2) is 6.43. The predicted octanol–water partition coefficient (Wildman–Crippen LogP) is 6.74. The number of rotatable bonds is 2. The zero-order valence-electron chi connectivity index (χ0n) is 15.1. The topological polar surface area (TPSA) is 40.5 Å². The first kappa shape index (κ1) is 16.4. The van der Waals surface area contributed by atoms with E-state index in [1.165, 1.54) is 21.5 Å². The second-order valence-corrected chi connectivity index (χ2v) is 7.07. The Kier molecular flexibility index (Phi) is 3.77. The van der Waals surface area contributed by atoms with Crippen LogP contribution in [0.15, 0.2) is 97.1 Å². The lowest BCUT2D eigenvalue weighted by molar-refractivity contribution is 0.475. The van der Waals surface area contributed by atoms with E-state index in [2.05, 4.69) is 48.5 Å². The summed E-state index contributed by atoms with van der Waals surface area (Å²) >= 11 is 0. The molecule has 5 rings (SSSR count). The Morgan fingerprint density at radius 2 is 0.679 bits per heavy atom. The highest BCUT2D eigenvalue weighted by Gasteiger charge is 2.05. The molecule has 0 aliphatic heterocycles. The second-order valence-electron chi connectivity index (χ2n) is 7.07. The lowest BCUT2D eigenvalue weighted by atomic mass is 9.96. The number of aromatic hydroxyl groups is 2. The normalized spacial score (nSPS) is 11.1. The molecule has 5 aromatic rings. The Bertz CT molecular complexity index is 1200. The van der Waals surface area contributed by atoms with Gasteiger partial charge in [-0.25, -0.2) is 0 Å². The molecular weight excluding hydrogens is 344 g/mol. The Morgan fingerprint density at radius 3 is 1.07 bits per heavy atom. The van der Waals surface area contributed by atoms with Crippen molar-refractivity contribution in [2.75, 3.05) is 0 Å². The summed E-state index contributed by atoms with van der Waals surface area (Å²) in [5.74, 6) is 0.555. The minimum absolute atomic E-state index is 0.278. The fourth-order valence-corrected chi connectivity index (χ4v) is 3.66. The van der Waals surface area contributed by atoms with E-state index in [1.54, 1.807) is 24.3 Å². The van der Waals surface area contributed by atoms with Crippen molar-refractivity contribution in [2.45, 2.75) is 0 Å². The van der Waals surface area contributed by atoms with Crippen molar-refractivity contribution in [3.05, 3.63) is 97.1 Å². The molecule has 0 radical (unpaired) electrons. The monoisotopic (exact) mass is 362 g/mol. The van der Waals surface area contributed by atoms with Gasteiger partial charge in [-0.05, 0) is 92.3 Å². The van der Waals surface area contributed by atoms with Crippen LogP contribution in [0, 0.1) is 0 Å². The van der Waals surface area contributed by atoms with Crippen LogP contribution in [-0.2, 0) is 0 Å². The van der Waals surface area contributed by atoms with Crippen molar-refractivity contribution in [3.63, 3.8) is 0 Å². The molecule has 0 unspecified atom stereocenters. The van der Waals surface area contributed by atoms with Crippen LogP contribution in [0.5, 0.6) is 11.5 Å². The molecule has 134 valence electrons. The first-order valence-corrected chi connectivity index (χ1v) is 9.22. The van der Waals surface area contributed by atoms with Crippen molar-refractivity contribution < 1.29 is 10.2 Å². The molecule has 2 nitrogen and oxygen atoms in total. The summed E-state index contributed by atoms with van der Waals surface area (Å²) in [7, 11) is 0. The zero-order chi connectivity index (χ0) is 19.1. The third kappa shape index (κ3) is 2.95. The molecule has 0 heterocycles. The van der Waals surface area contributed by atoms with Gasteiger partial charge in [0.1, 0.15) is 11.5 Å². The van der Waals surface area contributed by atoms with E-state index < -0.39 is 0 Å². The number of phenols is 2. The van der Waals surface area contributed by atoms with E-state index in [0.717, 1.165) is 22.3 Å². The number of benzene rings is 5. The molecule has 0 spiro atoms. The van der Waals surface area contributed by atoms with Gasteiger partial charge in [0.15, 0.2) is 0 Å². The van der Waals surface area contributed by atoms with Gasteiger partial charge in [0.25, 0.3) is 0 Å². The van der Waals surface area contributed by atoms with Gasteiger partial charge in [-0.15, -0.1) is 0 Å². The number of fused-ring (bicyclic) bond motifs is 2. The van der Waals surface area contributed by atoms with E-state index >= 15 is 0 Å². The molecule has 0 saturated heterocycles. The molecule has 0 amide bonds. The van der Waals surface area contributed by atoms with Gasteiger partial charge in [0.2, 0.25) is 0 Å². The summed E-state index contributed by atoms with van der Waals surface area (Å²) in [4.78, 5) is 0. The SMILES string of the molecule is Oc1ccc(-c2ccc3cc4cc(-c5ccc(O)cc5)ccc4cc3c2)cc1. The summed E-state index contributed by atoms with van der Waals surface area (Å²) in [6.45, 7) is 0. The minimum atomic E-state index is 0.278. The Morgan fingerprint density at radius 1 is 0.321 bits per heavy atom. The fourth-order valence-electron chi connectivity index (χ4n) is 3.66. The molecule has 0 aliphatic rings. The van der Waals surface area contributed by atoms with Crippen LogP contribution in [0.4, 0.5) is 0 Å². The van der Waals surface area contributed by atoms with Crippen LogP contribution in [0.2, 0.25) is 0 Å². The lowest BCUT2D eigenvalue weighted by Crippen LogP contribution is -1.82. The standard InChI is InChI=1S/C26H18O2/c27-25-9-5-17(6-10-25)19-1-3-21-15-24-14-20(18-7-11-26(28)12-8-18)2-4-22(24)16-23(21)13-19/h1-16,27-28H. The summed E-state index contributed by atoms with van der Waals surface area (Å²) in [5.41, 5.74) is 4.44. The molecule has 2 heteroatoms. The molecule has 0 atom stereocenters. The molecule has 2 N–H and O–H groups in total. The first-order chi connectivity index (χ1) is 13.7. The van der Waals surface area contributed by atoms with Crippen LogP contribution in [0.1, 0.15) is 0 Å². The zero-order valence-corrected chi connectivity index (χ0v) is 15.1. The molecule has 0 bridgehead atoms. The maximum atomic E-state index is 9.50. The third-order valence-corrected chi connectivity index (χ3v) is 5.20. The van der Waals surface area contributed by atoms with E-state index in [-0.39, 0.29) is 11.5 Å². The van der Waals surface area contributed by atoms with E-state index in [1.807, 2.05) is 24.3 Å². The average molecular weight is 362 g/mol. The number of phenolic OH excluding ortho intramolecular Hbond substituents is 2. The van der Waals surface area contributed by atoms with Crippen LogP contribution in [-0.4, -0.2) is 10.2 Å². The Balaban J connectivity index is 1.60. The van der Waals surface area contributed by atoms with Crippen LogP contribution in [0.3, 0.4) is 0 Å². The van der Waals surface area contributed by atoms with Gasteiger partial charge >= 0.3 is 0 Å². The maximum absolute atomic E-state index is 9.50. The molecule has 28 heavy (non-hydrogen) atoms. The highest BCUT2D eigenvalue weighted by Crippen LogP contribution is 2.31. The fraction of sp³-hybridized carbons (Fsp3) is 0. The van der Waals surface area contributed by atoms with Crippen molar-refractivity contribution in [2.24, 2.45) is 0 Å². The maximum Gasteiger partial charge on any atom is 0.115 e. The van der Waals surface area contributed by atoms with E-state index in [0.29, 0.717) is 0 Å². The smallest absolute Gasteiger partial charge is 0.115 e. The molecule has 5 aromatic carbocycles. The Labute approximate surface area is 162 Å². The number of hydrogen-bond acceptors (Lipinski definition) is 2. The predicted molar refractivity (Wildman–Crippen MR) is 116 cm³/mol. The van der Waals surface area contributed by atoms with Crippen molar-refractivity contribution >= 4 is 21.5 Å². The van der Waals surface area contributed by atoms with Gasteiger partial charge in [-0.1, -0.05) is 48.5 Å². The van der Waals surface area contributed by atoms with E-state index in [4.69, 9.17) is 0 Å². The van der Waals surface area contributed by atoms with Gasteiger partial charge in [-0.2, -0.15) is 0 Å². The largest absolute Gasteiger partial charge is 0.508 e. The Hall–Kier alpha value is -3.78. The van der Waals surface area contributed by atoms with Crippen molar-refractivity contribution in [1.29, 1.82) is 0 Å². The molecule has 0 saturated carbocycles. The van der Waals surface area contributed by atoms with Crippen LogP contribution >= 0.6 is 0 Å². The molecule has 0 aliphatic carbocycles. The summed E-state index contributed by atoms with van der Waals surface area (Å²) in [6, 6.07) is 31.9. The highest BCUT2D eigenvalue weighted by molar-refractivity contribution is 6.01. The van der Waals surface area contributed by atoms with Crippen LogP contribution < -0.4 is 0 Å². The number of hydrogen-bond donors (Lipinski definition) is 2. The van der Waals surface area contributed by atoms with Crippen LogP contribution in [0.25, 0.3) is 43.8 Å². The van der Waals surface area contributed by atoms with Crippen molar-refractivity contribution in [3.8, 4) is 33.8 Å². The first-order valence-electron chi connectivity index (χ1n) is 9.22. The summed E-state index contributed by atoms with van der Waals surface area (Å²) in [6.07, 6.45) is 0. The van der Waals surface area contributed by atoms with Gasteiger partial charge in [0, 0.05) is 0 Å². The molecular formula is C26H18O2. The van der Waals surface area contributed by atoms with Gasteiger partial charge in [0.05, 0.1) is 0 Å². The van der Waals surface area contributed by atoms with E-state index in [9.17, 15) is 10.2 Å². The summed E-state index contributed by atoms with van der Waals surface area (Å²) in [5, 5.41) is 23.8. The van der Waals surface area contributed by atoms with Gasteiger partial charge < -0.3 is 10.2 Å². The minimum Gasteiger partial charge on any atom is -0.508 e. The highest BCUT2D eigenvalue weighted by atomic mass is 16.3.